The van der Waals surface area contributed by atoms with Crippen molar-refractivity contribution in [2.75, 3.05) is 6.54 Å². The van der Waals surface area contributed by atoms with Crippen LogP contribution in [0.1, 0.15) is 56.9 Å². The predicted molar refractivity (Wildman–Crippen MR) is 115 cm³/mol. The van der Waals surface area contributed by atoms with Crippen molar-refractivity contribution in [2.45, 2.75) is 57.4 Å². The van der Waals surface area contributed by atoms with Gasteiger partial charge >= 0.3 is 0 Å². The van der Waals surface area contributed by atoms with Gasteiger partial charge in [-0.25, -0.2) is 0 Å². The number of benzene rings is 1. The van der Waals surface area contributed by atoms with Gasteiger partial charge in [-0.05, 0) is 37.3 Å². The van der Waals surface area contributed by atoms with E-state index in [-0.39, 0.29) is 11.8 Å². The smallest absolute Gasteiger partial charge is 0.266 e. The van der Waals surface area contributed by atoms with Crippen molar-refractivity contribution >= 4 is 46.2 Å². The fraction of sp³-hybridized carbons (Fsp3) is 0.476. The van der Waals surface area contributed by atoms with Gasteiger partial charge < -0.3 is 5.32 Å². The second-order valence-electron chi connectivity index (χ2n) is 7.10. The lowest BCUT2D eigenvalue weighted by Crippen LogP contribution is -2.32. The van der Waals surface area contributed by atoms with Gasteiger partial charge in [0.05, 0.1) is 4.91 Å². The van der Waals surface area contributed by atoms with Crippen molar-refractivity contribution in [1.29, 1.82) is 0 Å². The Morgan fingerprint density at radius 2 is 1.93 bits per heavy atom. The first-order chi connectivity index (χ1) is 13.1. The van der Waals surface area contributed by atoms with Crippen LogP contribution in [0, 0.1) is 0 Å². The van der Waals surface area contributed by atoms with Crippen molar-refractivity contribution < 1.29 is 9.59 Å². The lowest BCUT2D eigenvalue weighted by molar-refractivity contribution is -0.123. The van der Waals surface area contributed by atoms with E-state index in [1.807, 2.05) is 36.4 Å². The molecule has 27 heavy (non-hydrogen) atoms. The SMILES string of the molecule is O=C(CCCCCN1C(=O)C(=Cc2ccccc2)SC1=S)NC1CCCC1. The summed E-state index contributed by atoms with van der Waals surface area (Å²) < 4.78 is 0.626. The predicted octanol–water partition coefficient (Wildman–Crippen LogP) is 4.51. The van der Waals surface area contributed by atoms with Crippen molar-refractivity contribution in [3.05, 3.63) is 40.8 Å². The van der Waals surface area contributed by atoms with Crippen LogP contribution in [0.3, 0.4) is 0 Å². The van der Waals surface area contributed by atoms with Gasteiger partial charge in [0.2, 0.25) is 5.91 Å². The lowest BCUT2D eigenvalue weighted by Gasteiger charge is -2.14. The average molecular weight is 403 g/mol. The maximum atomic E-state index is 12.6. The second-order valence-corrected chi connectivity index (χ2v) is 8.78. The van der Waals surface area contributed by atoms with E-state index < -0.39 is 0 Å². The summed E-state index contributed by atoms with van der Waals surface area (Å²) in [6, 6.07) is 10.2. The highest BCUT2D eigenvalue weighted by Gasteiger charge is 2.31. The Morgan fingerprint density at radius 1 is 1.19 bits per heavy atom. The molecule has 0 aromatic heterocycles. The van der Waals surface area contributed by atoms with E-state index in [2.05, 4.69) is 5.32 Å². The van der Waals surface area contributed by atoms with E-state index in [9.17, 15) is 9.59 Å². The van der Waals surface area contributed by atoms with Gasteiger partial charge in [0.15, 0.2) is 0 Å². The number of carbonyl (C=O) groups excluding carboxylic acids is 2. The van der Waals surface area contributed by atoms with Crippen LogP contribution in [0.4, 0.5) is 0 Å². The molecule has 1 heterocycles. The minimum absolute atomic E-state index is 0.00664. The molecule has 4 nitrogen and oxygen atoms in total. The highest BCUT2D eigenvalue weighted by molar-refractivity contribution is 8.26. The van der Waals surface area contributed by atoms with E-state index in [0.717, 1.165) is 37.7 Å². The first-order valence-corrected chi connectivity index (χ1v) is 11.0. The molecule has 2 fully saturated rings. The van der Waals surface area contributed by atoms with Crippen molar-refractivity contribution in [2.24, 2.45) is 0 Å². The number of hydrogen-bond acceptors (Lipinski definition) is 4. The molecule has 1 saturated heterocycles. The summed E-state index contributed by atoms with van der Waals surface area (Å²) in [6.45, 7) is 0.626. The Hall–Kier alpha value is -1.66. The normalized spacial score (nSPS) is 19.3. The molecule has 1 aromatic carbocycles. The van der Waals surface area contributed by atoms with Gasteiger partial charge in [0.1, 0.15) is 4.32 Å². The topological polar surface area (TPSA) is 49.4 Å². The van der Waals surface area contributed by atoms with Crippen LogP contribution in [0.25, 0.3) is 6.08 Å². The summed E-state index contributed by atoms with van der Waals surface area (Å²) in [6.07, 6.45) is 9.81. The summed E-state index contributed by atoms with van der Waals surface area (Å²) >= 11 is 6.74. The first-order valence-electron chi connectivity index (χ1n) is 9.73. The number of rotatable bonds is 8. The number of thioether (sulfide) groups is 1. The molecule has 3 rings (SSSR count). The van der Waals surface area contributed by atoms with Gasteiger partial charge in [-0.2, -0.15) is 0 Å². The maximum Gasteiger partial charge on any atom is 0.266 e. The Balaban J connectivity index is 1.38. The maximum absolute atomic E-state index is 12.6. The number of unbranched alkanes of at least 4 members (excludes halogenated alkanes) is 2. The van der Waals surface area contributed by atoms with Crippen LogP contribution in [-0.4, -0.2) is 33.6 Å². The van der Waals surface area contributed by atoms with Crippen molar-refractivity contribution in [3.8, 4) is 0 Å². The molecule has 0 atom stereocenters. The van der Waals surface area contributed by atoms with Gasteiger partial charge in [0.25, 0.3) is 5.91 Å². The monoisotopic (exact) mass is 402 g/mol. The summed E-state index contributed by atoms with van der Waals surface area (Å²) in [5.41, 5.74) is 1.01. The molecule has 0 unspecified atom stereocenters. The van der Waals surface area contributed by atoms with Crippen LogP contribution in [0.5, 0.6) is 0 Å². The minimum Gasteiger partial charge on any atom is -0.353 e. The Kier molecular flexibility index (Phi) is 7.47. The largest absolute Gasteiger partial charge is 0.353 e. The van der Waals surface area contributed by atoms with Gasteiger partial charge in [0, 0.05) is 19.0 Å². The Morgan fingerprint density at radius 3 is 2.67 bits per heavy atom. The fourth-order valence-corrected chi connectivity index (χ4v) is 4.80. The standard InChI is InChI=1S/C21H26N2O2S2/c24-19(22-17-11-6-7-12-17)13-5-2-8-14-23-20(25)18(27-21(23)26)15-16-9-3-1-4-10-16/h1,3-4,9-10,15,17H,2,5-8,11-14H2,(H,22,24). The molecule has 2 aliphatic rings. The molecule has 2 amide bonds. The third-order valence-corrected chi connectivity index (χ3v) is 6.35. The molecule has 1 aliphatic carbocycles. The van der Waals surface area contributed by atoms with E-state index in [1.54, 1.807) is 4.90 Å². The zero-order valence-corrected chi connectivity index (χ0v) is 17.1. The number of amides is 2. The Bertz CT molecular complexity index is 712. The summed E-state index contributed by atoms with van der Waals surface area (Å²) in [4.78, 5) is 26.9. The third kappa shape index (κ3) is 5.91. The van der Waals surface area contributed by atoms with Crippen molar-refractivity contribution in [3.63, 3.8) is 0 Å². The molecular weight excluding hydrogens is 376 g/mol. The molecule has 144 valence electrons. The van der Waals surface area contributed by atoms with Gasteiger partial charge in [-0.15, -0.1) is 0 Å². The minimum atomic E-state index is -0.00664. The summed E-state index contributed by atoms with van der Waals surface area (Å²) in [5.74, 6) is 0.158. The molecule has 0 spiro atoms. The summed E-state index contributed by atoms with van der Waals surface area (Å²) in [5, 5.41) is 3.12. The molecule has 1 N–H and O–H groups in total. The zero-order chi connectivity index (χ0) is 19.1. The molecular formula is C21H26N2O2S2. The summed E-state index contributed by atoms with van der Waals surface area (Å²) in [7, 11) is 0. The van der Waals surface area contributed by atoms with Crippen LogP contribution in [-0.2, 0) is 9.59 Å². The number of hydrogen-bond donors (Lipinski definition) is 1. The van der Waals surface area contributed by atoms with Crippen molar-refractivity contribution in [1.82, 2.24) is 10.2 Å². The lowest BCUT2D eigenvalue weighted by atomic mass is 10.1. The highest BCUT2D eigenvalue weighted by Crippen LogP contribution is 2.32. The van der Waals surface area contributed by atoms with Gasteiger partial charge in [-0.3, -0.25) is 14.5 Å². The number of carbonyl (C=O) groups is 2. The Labute approximate surface area is 170 Å². The van der Waals surface area contributed by atoms with Gasteiger partial charge in [-0.1, -0.05) is 73.6 Å². The van der Waals surface area contributed by atoms with E-state index in [1.165, 1.54) is 24.6 Å². The second kappa shape index (κ2) is 10.0. The molecule has 0 bridgehead atoms. The molecule has 0 radical (unpaired) electrons. The zero-order valence-electron chi connectivity index (χ0n) is 15.5. The van der Waals surface area contributed by atoms with Crippen LogP contribution < -0.4 is 5.32 Å². The fourth-order valence-electron chi connectivity index (χ4n) is 3.50. The first kappa shape index (κ1) is 20.1. The quantitative estimate of drug-likeness (QED) is 0.395. The number of nitrogens with zero attached hydrogens (tertiary/aromatic N) is 1. The van der Waals surface area contributed by atoms with Crippen LogP contribution in [0.2, 0.25) is 0 Å². The molecule has 1 aliphatic heterocycles. The molecule has 1 saturated carbocycles. The molecule has 6 heteroatoms. The van der Waals surface area contributed by atoms with E-state index >= 15 is 0 Å². The average Bonchev–Trinajstić information content (AvgIpc) is 3.25. The van der Waals surface area contributed by atoms with Crippen LogP contribution >= 0.6 is 24.0 Å². The van der Waals surface area contributed by atoms with E-state index in [4.69, 9.17) is 12.2 Å². The molecule has 1 aromatic rings. The highest BCUT2D eigenvalue weighted by atomic mass is 32.2. The van der Waals surface area contributed by atoms with Crippen LogP contribution in [0.15, 0.2) is 35.2 Å². The number of thiocarbonyl (C=S) groups is 1. The number of nitrogens with one attached hydrogen (secondary N) is 1. The van der Waals surface area contributed by atoms with E-state index in [0.29, 0.717) is 28.2 Å². The third-order valence-electron chi connectivity index (χ3n) is 4.98.